The molecule has 10 heteroatoms. The second-order valence-corrected chi connectivity index (χ2v) is 16.8. The van der Waals surface area contributed by atoms with E-state index in [0.717, 1.165) is 63.6 Å². The van der Waals surface area contributed by atoms with Crippen LogP contribution >= 0.6 is 21.6 Å². The molecule has 0 bridgehead atoms. The predicted molar refractivity (Wildman–Crippen MR) is 239 cm³/mol. The second kappa shape index (κ2) is 23.3. The van der Waals surface area contributed by atoms with Crippen LogP contribution in [-0.2, 0) is 33.2 Å². The Morgan fingerprint density at radius 2 is 1.14 bits per heavy atom. The number of nitrogens with zero attached hydrogens (tertiary/aromatic N) is 7. The lowest BCUT2D eigenvalue weighted by Gasteiger charge is -2.18. The minimum atomic E-state index is 1.02. The summed E-state index contributed by atoms with van der Waals surface area (Å²) in [5.74, 6) is 2.20. The lowest BCUT2D eigenvalue weighted by Crippen LogP contribution is -2.72. The molecule has 0 spiro atoms. The fourth-order valence-electron chi connectivity index (χ4n) is 6.19. The van der Waals surface area contributed by atoms with Gasteiger partial charge in [0.15, 0.2) is 12.4 Å². The molecule has 56 heavy (non-hydrogen) atoms. The average molecular weight is 791 g/mol. The zero-order valence-corrected chi connectivity index (χ0v) is 35.7. The Labute approximate surface area is 343 Å². The van der Waals surface area contributed by atoms with Crippen molar-refractivity contribution in [1.29, 1.82) is 0 Å². The molecule has 3 aromatic heterocycles. The first-order valence-electron chi connectivity index (χ1n) is 19.8. The summed E-state index contributed by atoms with van der Waals surface area (Å²) in [6, 6.07) is 21.9. The summed E-state index contributed by atoms with van der Waals surface area (Å²) in [5.41, 5.74) is 7.34. The number of imidazole rings is 2. The highest BCUT2D eigenvalue weighted by Crippen LogP contribution is 2.21. The maximum absolute atomic E-state index is 2.34. The highest BCUT2D eigenvalue weighted by atomic mass is 33.1. The zero-order chi connectivity index (χ0) is 39.4. The molecule has 0 aliphatic rings. The summed E-state index contributed by atoms with van der Waals surface area (Å²) < 4.78 is 11.3. The maximum atomic E-state index is 2.34. The number of nitrogens with two attached hydrogens (primary N) is 1. The molecule has 3 heterocycles. The van der Waals surface area contributed by atoms with Crippen molar-refractivity contribution in [3.05, 3.63) is 157 Å². The number of rotatable bonds is 23. The minimum absolute atomic E-state index is 1.02. The Morgan fingerprint density at radius 1 is 0.661 bits per heavy atom. The van der Waals surface area contributed by atoms with Gasteiger partial charge < -0.3 is 15.1 Å². The van der Waals surface area contributed by atoms with Crippen molar-refractivity contribution in [1.82, 2.24) is 9.13 Å². The van der Waals surface area contributed by atoms with Gasteiger partial charge in [-0.05, 0) is 59.5 Å². The number of benzene rings is 2. The quantitative estimate of drug-likeness (QED) is 0.0348. The van der Waals surface area contributed by atoms with Crippen molar-refractivity contribution >= 4 is 51.2 Å². The number of hydrogen-bond donors (Lipinski definition) is 1. The minimum Gasteiger partial charge on any atom is -0.374 e. The van der Waals surface area contributed by atoms with E-state index in [2.05, 4.69) is 202 Å². The monoisotopic (exact) mass is 790 g/mol. The van der Waals surface area contributed by atoms with E-state index >= 15 is 0 Å². The third-order valence-corrected chi connectivity index (χ3v) is 12.0. The third kappa shape index (κ3) is 14.7. The van der Waals surface area contributed by atoms with Gasteiger partial charge in [0.05, 0.1) is 39.4 Å². The van der Waals surface area contributed by atoms with Gasteiger partial charge in [-0.15, -0.1) is 0 Å². The number of quaternary nitrogens is 1. The average Bonchev–Trinajstić information content (AvgIpc) is 3.88. The molecule has 2 aromatic carbocycles. The van der Waals surface area contributed by atoms with Crippen LogP contribution in [0.3, 0.4) is 0 Å². The van der Waals surface area contributed by atoms with E-state index in [9.17, 15) is 0 Å². The van der Waals surface area contributed by atoms with Crippen molar-refractivity contribution in [2.45, 2.75) is 45.9 Å². The largest absolute Gasteiger partial charge is 0.374 e. The highest BCUT2D eigenvalue weighted by molar-refractivity contribution is 8.76. The first kappa shape index (κ1) is 42.4. The molecule has 0 unspecified atom stereocenters. The first-order chi connectivity index (χ1) is 27.4. The molecule has 0 atom stereocenters. The van der Waals surface area contributed by atoms with Crippen LogP contribution < -0.4 is 28.8 Å². The molecule has 0 saturated heterocycles. The molecule has 0 radical (unpaired) electrons. The lowest BCUT2D eigenvalue weighted by atomic mass is 10.1. The summed E-state index contributed by atoms with van der Waals surface area (Å²) in [6.07, 6.45) is 34.6. The molecule has 0 aliphatic heterocycles. The summed E-state index contributed by atoms with van der Waals surface area (Å²) in [5, 5.41) is 2.05. The van der Waals surface area contributed by atoms with E-state index in [0.29, 0.717) is 0 Å². The van der Waals surface area contributed by atoms with Gasteiger partial charge in [-0.1, -0.05) is 76.2 Å². The third-order valence-electron chi connectivity index (χ3n) is 9.68. The standard InChI is InChI=1S/C46H61N8S2/c1-6-41(21-24-47-2)9-10-42-13-17-45(18-14-42)49(4)25-7-27-51-31-33-53(39-51)35-37-55-56-38-36-54-34-32-52(40-54)28-8-26-50(5)46-19-15-43(16-20-46)11-12-44-22-29-48(3)30-23-44/h6,9-24,29-34,39-40,47H,7-8,25-28,35-38H2,1-5H3/q+3/p+1. The van der Waals surface area contributed by atoms with Crippen LogP contribution in [0.2, 0.25) is 0 Å². The zero-order valence-electron chi connectivity index (χ0n) is 34.0. The van der Waals surface area contributed by atoms with Gasteiger partial charge in [0.25, 0.3) is 0 Å². The Hall–Kier alpha value is -4.77. The highest BCUT2D eigenvalue weighted by Gasteiger charge is 2.08. The SMILES string of the molecule is CC=C(C=C[NH2+]C)C=Cc1ccc(N(C)CCC[n+]2ccn(CCSSCCn3cc[n+](CCCN(C)c4ccc(C=Cc5cc[n+](C)cc5)cc4)c3)c2)cc1. The van der Waals surface area contributed by atoms with Crippen LogP contribution in [0.25, 0.3) is 18.2 Å². The van der Waals surface area contributed by atoms with Crippen molar-refractivity contribution in [2.24, 2.45) is 7.05 Å². The molecular weight excluding hydrogens is 729 g/mol. The molecule has 5 rings (SSSR count). The number of hydrogen-bond acceptors (Lipinski definition) is 4. The van der Waals surface area contributed by atoms with Crippen molar-refractivity contribution in [3.63, 3.8) is 0 Å². The maximum Gasteiger partial charge on any atom is 0.243 e. The van der Waals surface area contributed by atoms with Crippen LogP contribution in [0.5, 0.6) is 0 Å². The van der Waals surface area contributed by atoms with Gasteiger partial charge in [-0.3, -0.25) is 0 Å². The normalized spacial score (nSPS) is 12.1. The summed E-state index contributed by atoms with van der Waals surface area (Å²) in [4.78, 5) is 4.69. The van der Waals surface area contributed by atoms with Crippen molar-refractivity contribution < 1.29 is 19.0 Å². The van der Waals surface area contributed by atoms with Crippen LogP contribution in [0, 0.1) is 0 Å². The van der Waals surface area contributed by atoms with E-state index in [1.165, 1.54) is 33.6 Å². The van der Waals surface area contributed by atoms with Gasteiger partial charge in [-0.25, -0.2) is 22.8 Å². The second-order valence-electron chi connectivity index (χ2n) is 14.1. The molecule has 0 fully saturated rings. The number of aryl methyl sites for hydroxylation is 5. The molecule has 0 saturated carbocycles. The first-order valence-corrected chi connectivity index (χ1v) is 22.3. The van der Waals surface area contributed by atoms with E-state index in [4.69, 9.17) is 0 Å². The molecule has 0 aliphatic carbocycles. The smallest absolute Gasteiger partial charge is 0.243 e. The fraction of sp³-hybridized carbons (Fsp3) is 0.326. The lowest BCUT2D eigenvalue weighted by molar-refractivity contribution is -0.696. The topological polar surface area (TPSA) is 44.6 Å². The number of pyridine rings is 1. The van der Waals surface area contributed by atoms with Gasteiger partial charge in [0, 0.05) is 75.0 Å². The van der Waals surface area contributed by atoms with Gasteiger partial charge in [0.2, 0.25) is 12.7 Å². The molecule has 0 amide bonds. The Morgan fingerprint density at radius 3 is 1.62 bits per heavy atom. The van der Waals surface area contributed by atoms with Crippen LogP contribution in [0.4, 0.5) is 11.4 Å². The van der Waals surface area contributed by atoms with Crippen LogP contribution in [-0.4, -0.2) is 54.9 Å². The van der Waals surface area contributed by atoms with Gasteiger partial charge in [-0.2, -0.15) is 0 Å². The van der Waals surface area contributed by atoms with E-state index < -0.39 is 0 Å². The molecule has 294 valence electrons. The Bertz CT molecular complexity index is 1990. The number of anilines is 2. The van der Waals surface area contributed by atoms with E-state index in [-0.39, 0.29) is 0 Å². The summed E-state index contributed by atoms with van der Waals surface area (Å²) in [7, 11) is 12.4. The van der Waals surface area contributed by atoms with Crippen LogP contribution in [0.1, 0.15) is 36.5 Å². The fourth-order valence-corrected chi connectivity index (χ4v) is 8.15. The molecular formula is C46H62N8S2+4. The van der Waals surface area contributed by atoms with Crippen molar-refractivity contribution in [3.8, 4) is 0 Å². The van der Waals surface area contributed by atoms with Gasteiger partial charge in [0.1, 0.15) is 31.8 Å². The van der Waals surface area contributed by atoms with E-state index in [1.54, 1.807) is 0 Å². The predicted octanol–water partition coefficient (Wildman–Crippen LogP) is 6.66. The van der Waals surface area contributed by atoms with E-state index in [1.807, 2.05) is 45.6 Å². The Balaban J connectivity index is 0.903. The number of aromatic nitrogens is 5. The molecule has 5 aromatic rings. The number of allylic oxidation sites excluding steroid dienone is 4. The van der Waals surface area contributed by atoms with Crippen LogP contribution in [0.15, 0.2) is 141 Å². The van der Waals surface area contributed by atoms with Crippen molar-refractivity contribution in [2.75, 3.05) is 55.5 Å². The Kier molecular flexibility index (Phi) is 17.7. The molecule has 2 N–H and O–H groups in total. The summed E-state index contributed by atoms with van der Waals surface area (Å²) in [6.45, 7) is 8.20. The van der Waals surface area contributed by atoms with Gasteiger partial charge >= 0.3 is 0 Å². The molecule has 8 nitrogen and oxygen atoms in total. The summed E-state index contributed by atoms with van der Waals surface area (Å²) >= 11 is 0.